The molecule has 0 fully saturated rings. The van der Waals surface area contributed by atoms with E-state index in [0.29, 0.717) is 0 Å². The smallest absolute Gasteiger partial charge is 0.164 e. The minimum absolute atomic E-state index is 0.0373. The summed E-state index contributed by atoms with van der Waals surface area (Å²) in [6.07, 6.45) is 1.82. The summed E-state index contributed by atoms with van der Waals surface area (Å²) in [5.74, 6) is 1.04. The van der Waals surface area contributed by atoms with E-state index >= 15 is 0 Å². The third kappa shape index (κ3) is 2.09. The Bertz CT molecular complexity index is 763. The summed E-state index contributed by atoms with van der Waals surface area (Å²) >= 11 is 0. The number of hydrogen-bond donors (Lipinski definition) is 0. The largest absolute Gasteiger partial charge is 0.280 e. The molecule has 0 aliphatic rings. The van der Waals surface area contributed by atoms with E-state index in [9.17, 15) is 0 Å². The molecule has 1 aromatic carbocycles. The quantitative estimate of drug-likeness (QED) is 0.665. The minimum atomic E-state index is -0.0373. The molecule has 0 bridgehead atoms. The molecule has 102 valence electrons. The van der Waals surface area contributed by atoms with Crippen molar-refractivity contribution >= 4 is 11.2 Å². The van der Waals surface area contributed by atoms with Crippen LogP contribution in [0.15, 0.2) is 42.6 Å². The maximum absolute atomic E-state index is 4.79. The predicted octanol–water partition coefficient (Wildman–Crippen LogP) is 4.03. The SMILES string of the molecule is Cc1cccc(-n2c(C(C)(C)C)nc3cccnc32)c1. The van der Waals surface area contributed by atoms with Crippen molar-refractivity contribution in [2.75, 3.05) is 0 Å². The second kappa shape index (κ2) is 4.44. The standard InChI is InChI=1S/C17H19N3/c1-12-7-5-8-13(11-12)20-15-14(9-6-10-18-15)19-16(20)17(2,3)4/h5-11H,1-4H3. The predicted molar refractivity (Wildman–Crippen MR) is 82.3 cm³/mol. The van der Waals surface area contributed by atoms with E-state index < -0.39 is 0 Å². The third-order valence-electron chi connectivity index (χ3n) is 3.35. The van der Waals surface area contributed by atoms with E-state index in [-0.39, 0.29) is 5.41 Å². The highest BCUT2D eigenvalue weighted by atomic mass is 15.1. The van der Waals surface area contributed by atoms with Crippen LogP contribution in [0.4, 0.5) is 0 Å². The van der Waals surface area contributed by atoms with Gasteiger partial charge in [0.05, 0.1) is 0 Å². The molecule has 3 heteroatoms. The number of fused-ring (bicyclic) bond motifs is 1. The molecule has 0 saturated carbocycles. The van der Waals surface area contributed by atoms with Crippen LogP contribution < -0.4 is 0 Å². The lowest BCUT2D eigenvalue weighted by atomic mass is 9.95. The first-order chi connectivity index (χ1) is 9.47. The molecule has 3 aromatic rings. The lowest BCUT2D eigenvalue weighted by Gasteiger charge is -2.20. The molecule has 0 spiro atoms. The molecule has 3 rings (SSSR count). The molecule has 0 aliphatic heterocycles. The Balaban J connectivity index is 2.37. The van der Waals surface area contributed by atoms with Gasteiger partial charge in [-0.1, -0.05) is 32.9 Å². The van der Waals surface area contributed by atoms with Gasteiger partial charge in [-0.05, 0) is 36.8 Å². The van der Waals surface area contributed by atoms with Crippen molar-refractivity contribution in [3.05, 3.63) is 54.0 Å². The van der Waals surface area contributed by atoms with Crippen molar-refractivity contribution in [2.24, 2.45) is 0 Å². The summed E-state index contributed by atoms with van der Waals surface area (Å²) in [4.78, 5) is 9.31. The fraction of sp³-hybridized carbons (Fsp3) is 0.294. The van der Waals surface area contributed by atoms with Crippen LogP contribution in [-0.4, -0.2) is 14.5 Å². The number of aryl methyl sites for hydroxylation is 1. The van der Waals surface area contributed by atoms with E-state index in [0.717, 1.165) is 22.7 Å². The number of aromatic nitrogens is 3. The Hall–Kier alpha value is -2.16. The summed E-state index contributed by atoms with van der Waals surface area (Å²) in [6, 6.07) is 12.4. The molecule has 0 radical (unpaired) electrons. The van der Waals surface area contributed by atoms with Crippen LogP contribution in [0.5, 0.6) is 0 Å². The third-order valence-corrected chi connectivity index (χ3v) is 3.35. The van der Waals surface area contributed by atoms with Gasteiger partial charge in [-0.25, -0.2) is 9.97 Å². The summed E-state index contributed by atoms with van der Waals surface area (Å²) < 4.78 is 2.17. The minimum Gasteiger partial charge on any atom is -0.280 e. The Kier molecular flexibility index (Phi) is 2.85. The number of imidazole rings is 1. The molecule has 0 saturated heterocycles. The van der Waals surface area contributed by atoms with Crippen LogP contribution in [0.2, 0.25) is 0 Å². The van der Waals surface area contributed by atoms with Crippen LogP contribution in [0, 0.1) is 6.92 Å². The molecule has 0 N–H and O–H groups in total. The Morgan fingerprint density at radius 3 is 2.55 bits per heavy atom. The monoisotopic (exact) mass is 265 g/mol. The van der Waals surface area contributed by atoms with E-state index in [1.165, 1.54) is 5.56 Å². The number of nitrogens with zero attached hydrogens (tertiary/aromatic N) is 3. The molecule has 0 aliphatic carbocycles. The fourth-order valence-corrected chi connectivity index (χ4v) is 2.43. The molecule has 20 heavy (non-hydrogen) atoms. The number of pyridine rings is 1. The van der Waals surface area contributed by atoms with E-state index in [2.05, 4.69) is 61.5 Å². The molecule has 2 heterocycles. The topological polar surface area (TPSA) is 30.7 Å². The molecule has 0 atom stereocenters. The van der Waals surface area contributed by atoms with Gasteiger partial charge in [0.15, 0.2) is 5.65 Å². The second-order valence-electron chi connectivity index (χ2n) is 6.21. The average Bonchev–Trinajstić information content (AvgIpc) is 2.78. The van der Waals surface area contributed by atoms with Gasteiger partial charge in [-0.2, -0.15) is 0 Å². The summed E-state index contributed by atoms with van der Waals surface area (Å²) in [7, 11) is 0. The summed E-state index contributed by atoms with van der Waals surface area (Å²) in [5.41, 5.74) is 4.18. The number of benzene rings is 1. The van der Waals surface area contributed by atoms with Gasteiger partial charge < -0.3 is 0 Å². The van der Waals surface area contributed by atoms with E-state index in [1.807, 2.05) is 18.3 Å². The zero-order valence-electron chi connectivity index (χ0n) is 12.4. The van der Waals surface area contributed by atoms with Gasteiger partial charge in [0, 0.05) is 17.3 Å². The number of rotatable bonds is 1. The van der Waals surface area contributed by atoms with Gasteiger partial charge >= 0.3 is 0 Å². The van der Waals surface area contributed by atoms with E-state index in [4.69, 9.17) is 4.98 Å². The maximum atomic E-state index is 4.79. The van der Waals surface area contributed by atoms with Crippen molar-refractivity contribution < 1.29 is 0 Å². The number of hydrogen-bond acceptors (Lipinski definition) is 2. The molecular weight excluding hydrogens is 246 g/mol. The van der Waals surface area contributed by atoms with Gasteiger partial charge in [-0.15, -0.1) is 0 Å². The van der Waals surface area contributed by atoms with Gasteiger partial charge in [0.2, 0.25) is 0 Å². The second-order valence-corrected chi connectivity index (χ2v) is 6.21. The Morgan fingerprint density at radius 2 is 1.85 bits per heavy atom. The first-order valence-electron chi connectivity index (χ1n) is 6.88. The van der Waals surface area contributed by atoms with Crippen LogP contribution in [0.1, 0.15) is 32.2 Å². The van der Waals surface area contributed by atoms with Gasteiger partial charge in [0.1, 0.15) is 11.3 Å². The first-order valence-corrected chi connectivity index (χ1v) is 6.88. The maximum Gasteiger partial charge on any atom is 0.164 e. The van der Waals surface area contributed by atoms with Crippen LogP contribution in [-0.2, 0) is 5.41 Å². The lowest BCUT2D eigenvalue weighted by molar-refractivity contribution is 0.538. The zero-order valence-corrected chi connectivity index (χ0v) is 12.4. The fourth-order valence-electron chi connectivity index (χ4n) is 2.43. The Morgan fingerprint density at radius 1 is 1.05 bits per heavy atom. The normalized spacial score (nSPS) is 12.0. The summed E-state index contributed by atoms with van der Waals surface area (Å²) in [5, 5.41) is 0. The lowest BCUT2D eigenvalue weighted by Crippen LogP contribution is -2.18. The molecule has 3 nitrogen and oxygen atoms in total. The highest BCUT2D eigenvalue weighted by Crippen LogP contribution is 2.28. The Labute approximate surface area is 119 Å². The van der Waals surface area contributed by atoms with Crippen molar-refractivity contribution in [1.29, 1.82) is 0 Å². The van der Waals surface area contributed by atoms with Crippen LogP contribution >= 0.6 is 0 Å². The zero-order chi connectivity index (χ0) is 14.3. The van der Waals surface area contributed by atoms with Gasteiger partial charge in [-0.3, -0.25) is 4.57 Å². The highest BCUT2D eigenvalue weighted by Gasteiger charge is 2.24. The van der Waals surface area contributed by atoms with Gasteiger partial charge in [0.25, 0.3) is 0 Å². The van der Waals surface area contributed by atoms with Crippen molar-refractivity contribution in [3.63, 3.8) is 0 Å². The van der Waals surface area contributed by atoms with Crippen molar-refractivity contribution in [1.82, 2.24) is 14.5 Å². The molecular formula is C17H19N3. The van der Waals surface area contributed by atoms with Crippen molar-refractivity contribution in [3.8, 4) is 5.69 Å². The van der Waals surface area contributed by atoms with E-state index in [1.54, 1.807) is 0 Å². The molecule has 0 amide bonds. The first kappa shape index (κ1) is 12.9. The van der Waals surface area contributed by atoms with Crippen LogP contribution in [0.3, 0.4) is 0 Å². The van der Waals surface area contributed by atoms with Crippen LogP contribution in [0.25, 0.3) is 16.9 Å². The van der Waals surface area contributed by atoms with Crippen molar-refractivity contribution in [2.45, 2.75) is 33.1 Å². The summed E-state index contributed by atoms with van der Waals surface area (Å²) in [6.45, 7) is 8.65. The highest BCUT2D eigenvalue weighted by molar-refractivity contribution is 5.74. The average molecular weight is 265 g/mol. The molecule has 2 aromatic heterocycles. The molecule has 0 unspecified atom stereocenters.